The van der Waals surface area contributed by atoms with Crippen LogP contribution < -0.4 is 0 Å². The lowest BCUT2D eigenvalue weighted by molar-refractivity contribution is -0.140. The third kappa shape index (κ3) is 6.21. The third-order valence-corrected chi connectivity index (χ3v) is 8.89. The second kappa shape index (κ2) is 13.1. The van der Waals surface area contributed by atoms with Crippen molar-refractivity contribution in [2.45, 2.75) is 51.3 Å². The smallest absolute Gasteiger partial charge is 0.376 e. The molecular weight excluding hydrogens is 521 g/mol. The van der Waals surface area contributed by atoms with Crippen LogP contribution in [0.25, 0.3) is 0 Å². The van der Waals surface area contributed by atoms with Crippen molar-refractivity contribution in [1.29, 1.82) is 0 Å². The van der Waals surface area contributed by atoms with Crippen LogP contribution in [-0.4, -0.2) is 74.4 Å². The minimum Gasteiger partial charge on any atom is -0.437 e. The van der Waals surface area contributed by atoms with Crippen LogP contribution in [0.5, 0.6) is 0 Å². The van der Waals surface area contributed by atoms with Crippen LogP contribution in [0.15, 0.2) is 97.6 Å². The van der Waals surface area contributed by atoms with Gasteiger partial charge >= 0.3 is 7.05 Å². The van der Waals surface area contributed by atoms with Crippen molar-refractivity contribution in [2.24, 2.45) is 0 Å². The zero-order valence-corrected chi connectivity index (χ0v) is 24.4. The first-order valence-corrected chi connectivity index (χ1v) is 15.2. The summed E-state index contributed by atoms with van der Waals surface area (Å²) in [6, 6.07) is 27.3. The van der Waals surface area contributed by atoms with Crippen molar-refractivity contribution in [3.63, 3.8) is 0 Å². The van der Waals surface area contributed by atoms with Crippen molar-refractivity contribution in [3.8, 4) is 0 Å². The quantitative estimate of drug-likeness (QED) is 0.309. The van der Waals surface area contributed by atoms with Crippen molar-refractivity contribution < 1.29 is 9.82 Å². The number of fused-ring (bicyclic) bond motifs is 2. The first-order chi connectivity index (χ1) is 20.6. The van der Waals surface area contributed by atoms with Crippen LogP contribution in [0.4, 0.5) is 0 Å². The van der Waals surface area contributed by atoms with E-state index in [1.54, 1.807) is 13.0 Å². The van der Waals surface area contributed by atoms with Gasteiger partial charge in [-0.1, -0.05) is 78.9 Å². The maximum absolute atomic E-state index is 14.8. The number of imidazole rings is 1. The van der Waals surface area contributed by atoms with Gasteiger partial charge in [0.15, 0.2) is 0 Å². The number of carbonyl (C=O) groups is 1. The van der Waals surface area contributed by atoms with E-state index in [2.05, 4.69) is 75.1 Å². The van der Waals surface area contributed by atoms with Crippen molar-refractivity contribution in [3.05, 3.63) is 125 Å². The van der Waals surface area contributed by atoms with Crippen LogP contribution in [0.2, 0.25) is 6.82 Å². The number of carbonyl (C=O) groups excluding carboxylic acids is 1. The monoisotopic (exact) mass is 561 g/mol. The molecule has 2 aliphatic rings. The molecular formula is C34H40BN5O2. The summed E-state index contributed by atoms with van der Waals surface area (Å²) in [6.07, 6.45) is 8.40. The van der Waals surface area contributed by atoms with Gasteiger partial charge in [0, 0.05) is 51.7 Å². The van der Waals surface area contributed by atoms with Gasteiger partial charge in [-0.15, -0.1) is 0 Å². The van der Waals surface area contributed by atoms with E-state index in [1.807, 2.05) is 40.4 Å². The first kappa shape index (κ1) is 28.4. The predicted octanol–water partition coefficient (Wildman–Crippen LogP) is 4.29. The van der Waals surface area contributed by atoms with Gasteiger partial charge in [-0.25, -0.2) is 4.98 Å². The molecule has 1 aliphatic heterocycles. The highest BCUT2D eigenvalue weighted by Crippen LogP contribution is 2.39. The van der Waals surface area contributed by atoms with Gasteiger partial charge in [0.25, 0.3) is 0 Å². The molecule has 0 spiro atoms. The molecule has 0 bridgehead atoms. The summed E-state index contributed by atoms with van der Waals surface area (Å²) in [5.41, 5.74) is 6.41. The number of amides is 1. The molecule has 42 heavy (non-hydrogen) atoms. The van der Waals surface area contributed by atoms with Crippen LogP contribution >= 0.6 is 0 Å². The molecule has 1 aromatic heterocycles. The molecule has 1 saturated heterocycles. The lowest BCUT2D eigenvalue weighted by atomic mass is 9.82. The molecule has 6 rings (SSSR count). The maximum Gasteiger partial charge on any atom is 0.376 e. The van der Waals surface area contributed by atoms with Crippen molar-refractivity contribution >= 4 is 13.0 Å². The molecule has 1 aliphatic carbocycles. The van der Waals surface area contributed by atoms with Crippen LogP contribution in [0.3, 0.4) is 0 Å². The highest BCUT2D eigenvalue weighted by Gasteiger charge is 2.42. The van der Waals surface area contributed by atoms with E-state index in [4.69, 9.17) is 0 Å². The Labute approximate surface area is 249 Å². The topological polar surface area (TPSA) is 64.8 Å². The largest absolute Gasteiger partial charge is 0.437 e. The summed E-state index contributed by atoms with van der Waals surface area (Å²) in [5, 5.41) is 10.6. The molecule has 0 radical (unpaired) electrons. The summed E-state index contributed by atoms with van der Waals surface area (Å²) in [4.78, 5) is 25.5. The van der Waals surface area contributed by atoms with E-state index >= 15 is 0 Å². The number of rotatable bonds is 9. The fraction of sp³-hybridized carbons (Fsp3) is 0.353. The molecule has 0 unspecified atom stereocenters. The standard InChI is InChI=1S/C34H40BN5O2/c1-35(42)39-22-23-40(33-30-14-7-5-12-28(30)16-17-29-13-6-8-15-31(29)33)32(25-39)34(41)38(24-27-10-3-2-4-11-27)20-9-19-37-21-18-36-26-37/h2-8,10-15,18,21,26,32-33,42H,9,16-17,19-20,22-25H2,1H3/t32-/m1/s1. The summed E-state index contributed by atoms with van der Waals surface area (Å²) < 4.78 is 2.06. The molecule has 2 heterocycles. The summed E-state index contributed by atoms with van der Waals surface area (Å²) in [7, 11) is -0.611. The van der Waals surface area contributed by atoms with Crippen molar-refractivity contribution in [2.75, 3.05) is 26.2 Å². The summed E-state index contributed by atoms with van der Waals surface area (Å²) in [6.45, 7) is 5.70. The van der Waals surface area contributed by atoms with Gasteiger partial charge in [0.05, 0.1) is 12.4 Å². The molecule has 4 aromatic rings. The fourth-order valence-corrected chi connectivity index (χ4v) is 6.68. The Hall–Kier alpha value is -3.72. The van der Waals surface area contributed by atoms with Gasteiger partial charge < -0.3 is 19.3 Å². The minimum absolute atomic E-state index is 0.0190. The van der Waals surface area contributed by atoms with Crippen LogP contribution in [0.1, 0.15) is 40.3 Å². The van der Waals surface area contributed by atoms with E-state index in [0.29, 0.717) is 32.7 Å². The van der Waals surface area contributed by atoms with Crippen molar-refractivity contribution in [1.82, 2.24) is 24.2 Å². The Bertz CT molecular complexity index is 1410. The van der Waals surface area contributed by atoms with E-state index in [0.717, 1.165) is 31.4 Å². The number of benzene rings is 3. The average Bonchev–Trinajstić information content (AvgIpc) is 3.48. The molecule has 7 nitrogen and oxygen atoms in total. The SMILES string of the molecule is CB(O)N1CCN(C2c3ccccc3CCc3ccccc32)[C@@H](C(=O)N(CCCn2ccnc2)Cc2ccccc2)C1. The second-order valence-corrected chi connectivity index (χ2v) is 11.6. The molecule has 1 atom stereocenters. The predicted molar refractivity (Wildman–Crippen MR) is 167 cm³/mol. The summed E-state index contributed by atoms with van der Waals surface area (Å²) in [5.74, 6) is 0.119. The Morgan fingerprint density at radius 2 is 1.62 bits per heavy atom. The highest BCUT2D eigenvalue weighted by molar-refractivity contribution is 6.45. The number of hydrogen-bond acceptors (Lipinski definition) is 5. The molecule has 216 valence electrons. The third-order valence-electron chi connectivity index (χ3n) is 8.89. The average molecular weight is 562 g/mol. The van der Waals surface area contributed by atoms with E-state index in [1.165, 1.54) is 22.3 Å². The normalized spacial score (nSPS) is 17.7. The fourth-order valence-electron chi connectivity index (χ4n) is 6.68. The van der Waals surface area contributed by atoms with E-state index < -0.39 is 13.1 Å². The molecule has 1 N–H and O–H groups in total. The first-order valence-electron chi connectivity index (χ1n) is 15.2. The van der Waals surface area contributed by atoms with Gasteiger partial charge in [0.1, 0.15) is 6.04 Å². The summed E-state index contributed by atoms with van der Waals surface area (Å²) >= 11 is 0. The van der Waals surface area contributed by atoms with Crippen LogP contribution in [-0.2, 0) is 30.7 Å². The number of aromatic nitrogens is 2. The lowest BCUT2D eigenvalue weighted by Crippen LogP contribution is -2.62. The zero-order chi connectivity index (χ0) is 28.9. The van der Waals surface area contributed by atoms with E-state index in [-0.39, 0.29) is 11.9 Å². The van der Waals surface area contributed by atoms with E-state index in [9.17, 15) is 9.82 Å². The van der Waals surface area contributed by atoms with Gasteiger partial charge in [-0.05, 0) is 53.9 Å². The number of aryl methyl sites for hydroxylation is 3. The molecule has 0 saturated carbocycles. The zero-order valence-electron chi connectivity index (χ0n) is 24.4. The minimum atomic E-state index is -0.611. The highest BCUT2D eigenvalue weighted by atomic mass is 16.2. The number of piperazine rings is 1. The number of hydrogen-bond donors (Lipinski definition) is 1. The molecule has 3 aromatic carbocycles. The number of nitrogens with zero attached hydrogens (tertiary/aromatic N) is 5. The Morgan fingerprint density at radius 1 is 0.952 bits per heavy atom. The van der Waals surface area contributed by atoms with Gasteiger partial charge in [-0.3, -0.25) is 9.69 Å². The molecule has 8 heteroatoms. The van der Waals surface area contributed by atoms with Crippen LogP contribution in [0, 0.1) is 0 Å². The Morgan fingerprint density at radius 3 is 2.26 bits per heavy atom. The van der Waals surface area contributed by atoms with Gasteiger partial charge in [0.2, 0.25) is 5.91 Å². The Kier molecular flexibility index (Phi) is 8.84. The van der Waals surface area contributed by atoms with Gasteiger partial charge in [-0.2, -0.15) is 0 Å². The second-order valence-electron chi connectivity index (χ2n) is 11.6. The molecule has 1 amide bonds. The Balaban J connectivity index is 1.36. The molecule has 1 fully saturated rings. The maximum atomic E-state index is 14.8. The lowest BCUT2D eigenvalue weighted by Gasteiger charge is -2.46.